The molecule has 8 heteroatoms. The molecule has 0 amide bonds. The average molecular weight is 447 g/mol. The molecular formula is C24H21ClN5O2-. The second kappa shape index (κ2) is 9.11. The highest BCUT2D eigenvalue weighted by molar-refractivity contribution is 5.94. The van der Waals surface area contributed by atoms with Gasteiger partial charge in [0.1, 0.15) is 12.1 Å². The van der Waals surface area contributed by atoms with E-state index in [4.69, 9.17) is 9.47 Å². The summed E-state index contributed by atoms with van der Waals surface area (Å²) in [6, 6.07) is 20.2. The maximum absolute atomic E-state index is 5.44. The van der Waals surface area contributed by atoms with Crippen molar-refractivity contribution in [2.24, 2.45) is 0 Å². The van der Waals surface area contributed by atoms with Crippen LogP contribution in [-0.4, -0.2) is 34.0 Å². The van der Waals surface area contributed by atoms with Gasteiger partial charge in [-0.05, 0) is 29.8 Å². The van der Waals surface area contributed by atoms with Crippen molar-refractivity contribution in [3.05, 3.63) is 78.8 Å². The minimum Gasteiger partial charge on any atom is -1.00 e. The third-order valence-electron chi connectivity index (χ3n) is 5.22. The molecule has 0 aliphatic carbocycles. The Morgan fingerprint density at radius 2 is 1.69 bits per heavy atom. The molecular weight excluding hydrogens is 426 g/mol. The number of nitrogens with one attached hydrogen (secondary N) is 1. The van der Waals surface area contributed by atoms with Gasteiger partial charge < -0.3 is 27.2 Å². The normalized spacial score (nSPS) is 10.7. The van der Waals surface area contributed by atoms with Crippen LogP contribution in [0.4, 0.5) is 11.5 Å². The van der Waals surface area contributed by atoms with Crippen molar-refractivity contribution in [3.63, 3.8) is 0 Å². The number of methoxy groups -OCH3 is 2. The summed E-state index contributed by atoms with van der Waals surface area (Å²) in [4.78, 5) is 8.80. The predicted octanol–water partition coefficient (Wildman–Crippen LogP) is 1.79. The van der Waals surface area contributed by atoms with Crippen LogP contribution in [0.5, 0.6) is 11.5 Å². The Kier molecular flexibility index (Phi) is 6.09. The standard InChI is InChI=1S/C24H21N5O2.ClH/c1-30-22-11-19-20(12-23(22)31-2)25-15-26-24(19)28-18-8-9-21-17(10-18)13-27-29(21)14-16-6-4-3-5-7-16;/h3-13,15H,14H2,1-2H3,(H,25,26,28);1H/p-1. The van der Waals surface area contributed by atoms with E-state index in [1.54, 1.807) is 14.2 Å². The molecule has 0 aliphatic rings. The van der Waals surface area contributed by atoms with Crippen LogP contribution in [0.3, 0.4) is 0 Å². The van der Waals surface area contributed by atoms with Gasteiger partial charge in [-0.2, -0.15) is 5.10 Å². The van der Waals surface area contributed by atoms with Crippen molar-refractivity contribution in [3.8, 4) is 11.5 Å². The van der Waals surface area contributed by atoms with Crippen LogP contribution in [0.2, 0.25) is 0 Å². The molecule has 0 bridgehead atoms. The summed E-state index contributed by atoms with van der Waals surface area (Å²) in [6.45, 7) is 0.731. The van der Waals surface area contributed by atoms with E-state index in [1.165, 1.54) is 11.9 Å². The van der Waals surface area contributed by atoms with E-state index < -0.39 is 0 Å². The van der Waals surface area contributed by atoms with E-state index in [-0.39, 0.29) is 12.4 Å². The highest BCUT2D eigenvalue weighted by Crippen LogP contribution is 2.34. The number of rotatable bonds is 6. The zero-order valence-corrected chi connectivity index (χ0v) is 18.4. The third kappa shape index (κ3) is 4.02. The van der Waals surface area contributed by atoms with E-state index in [1.807, 2.05) is 47.3 Å². The summed E-state index contributed by atoms with van der Waals surface area (Å²) < 4.78 is 12.8. The topological polar surface area (TPSA) is 74.1 Å². The molecule has 0 saturated carbocycles. The van der Waals surface area contributed by atoms with E-state index in [9.17, 15) is 0 Å². The van der Waals surface area contributed by atoms with Gasteiger partial charge in [-0.15, -0.1) is 0 Å². The van der Waals surface area contributed by atoms with Crippen LogP contribution in [0.15, 0.2) is 73.2 Å². The Hall–Kier alpha value is -3.84. The summed E-state index contributed by atoms with van der Waals surface area (Å²) in [5.41, 5.74) is 3.98. The van der Waals surface area contributed by atoms with Crippen LogP contribution < -0.4 is 27.2 Å². The second-order valence-electron chi connectivity index (χ2n) is 7.13. The first-order valence-electron chi connectivity index (χ1n) is 9.88. The van der Waals surface area contributed by atoms with Crippen LogP contribution in [-0.2, 0) is 6.54 Å². The molecule has 7 nitrogen and oxygen atoms in total. The van der Waals surface area contributed by atoms with Crippen molar-refractivity contribution >= 4 is 33.3 Å². The van der Waals surface area contributed by atoms with Gasteiger partial charge in [0, 0.05) is 22.5 Å². The van der Waals surface area contributed by atoms with Gasteiger partial charge in [0.05, 0.1) is 38.0 Å². The fourth-order valence-corrected chi connectivity index (χ4v) is 3.67. The molecule has 5 rings (SSSR count). The first-order chi connectivity index (χ1) is 15.2. The average Bonchev–Trinajstić information content (AvgIpc) is 3.21. The summed E-state index contributed by atoms with van der Waals surface area (Å²) >= 11 is 0. The molecule has 0 radical (unpaired) electrons. The molecule has 3 aromatic carbocycles. The van der Waals surface area contributed by atoms with Crippen molar-refractivity contribution < 1.29 is 21.9 Å². The minimum atomic E-state index is 0. The Morgan fingerprint density at radius 3 is 2.47 bits per heavy atom. The number of anilines is 2. The first-order valence-corrected chi connectivity index (χ1v) is 9.88. The van der Waals surface area contributed by atoms with Crippen molar-refractivity contribution in [1.29, 1.82) is 0 Å². The lowest BCUT2D eigenvalue weighted by atomic mass is 10.2. The van der Waals surface area contributed by atoms with Crippen molar-refractivity contribution in [2.45, 2.75) is 6.54 Å². The van der Waals surface area contributed by atoms with Gasteiger partial charge in [0.2, 0.25) is 0 Å². The molecule has 162 valence electrons. The predicted molar refractivity (Wildman–Crippen MR) is 121 cm³/mol. The molecule has 0 saturated heterocycles. The maximum Gasteiger partial charge on any atom is 0.162 e. The van der Waals surface area contributed by atoms with E-state index in [0.29, 0.717) is 17.3 Å². The smallest absolute Gasteiger partial charge is 0.162 e. The molecule has 0 fully saturated rings. The highest BCUT2D eigenvalue weighted by Gasteiger charge is 2.12. The lowest BCUT2D eigenvalue weighted by molar-refractivity contribution is -0.00000682. The van der Waals surface area contributed by atoms with Crippen molar-refractivity contribution in [1.82, 2.24) is 19.7 Å². The number of aromatic nitrogens is 4. The molecule has 32 heavy (non-hydrogen) atoms. The fraction of sp³-hybridized carbons (Fsp3) is 0.125. The summed E-state index contributed by atoms with van der Waals surface area (Å²) in [6.07, 6.45) is 3.42. The van der Waals surface area contributed by atoms with Gasteiger partial charge in [0.15, 0.2) is 11.5 Å². The number of fused-ring (bicyclic) bond motifs is 2. The third-order valence-corrected chi connectivity index (χ3v) is 5.22. The Balaban J connectivity index is 0.00000245. The fourth-order valence-electron chi connectivity index (χ4n) is 3.67. The molecule has 0 atom stereocenters. The molecule has 5 aromatic rings. The van der Waals surface area contributed by atoms with Crippen LogP contribution in [0.25, 0.3) is 21.8 Å². The number of halogens is 1. The largest absolute Gasteiger partial charge is 1.00 e. The zero-order valence-electron chi connectivity index (χ0n) is 17.6. The Bertz CT molecular complexity index is 1370. The number of benzene rings is 3. The Morgan fingerprint density at radius 1 is 0.906 bits per heavy atom. The molecule has 2 aromatic heterocycles. The SMILES string of the molecule is COc1cc2ncnc(Nc3ccc4c(cnn4Cc4ccccc4)c3)c2cc1OC.[Cl-]. The quantitative estimate of drug-likeness (QED) is 0.428. The van der Waals surface area contributed by atoms with E-state index >= 15 is 0 Å². The highest BCUT2D eigenvalue weighted by atomic mass is 35.5. The number of hydrogen-bond acceptors (Lipinski definition) is 6. The van der Waals surface area contributed by atoms with Gasteiger partial charge in [-0.25, -0.2) is 9.97 Å². The van der Waals surface area contributed by atoms with Crippen LogP contribution >= 0.6 is 0 Å². The lowest BCUT2D eigenvalue weighted by Crippen LogP contribution is -3.00. The molecule has 0 spiro atoms. The molecule has 0 aliphatic heterocycles. The van der Waals surface area contributed by atoms with Crippen molar-refractivity contribution in [2.75, 3.05) is 19.5 Å². The van der Waals surface area contributed by atoms with Crippen LogP contribution in [0, 0.1) is 0 Å². The summed E-state index contributed by atoms with van der Waals surface area (Å²) in [5, 5.41) is 9.87. The second-order valence-corrected chi connectivity index (χ2v) is 7.13. The Labute approximate surface area is 191 Å². The number of ether oxygens (including phenoxy) is 2. The van der Waals surface area contributed by atoms with E-state index in [0.717, 1.165) is 34.0 Å². The maximum atomic E-state index is 5.44. The number of nitrogens with zero attached hydrogens (tertiary/aromatic N) is 4. The monoisotopic (exact) mass is 446 g/mol. The zero-order chi connectivity index (χ0) is 21.2. The van der Waals surface area contributed by atoms with Gasteiger partial charge in [-0.1, -0.05) is 30.3 Å². The van der Waals surface area contributed by atoms with E-state index in [2.05, 4.69) is 44.6 Å². The first kappa shape index (κ1) is 21.4. The molecule has 1 N–H and O–H groups in total. The molecule has 2 heterocycles. The summed E-state index contributed by atoms with van der Waals surface area (Å²) in [7, 11) is 3.22. The molecule has 0 unspecified atom stereocenters. The van der Waals surface area contributed by atoms with Gasteiger partial charge in [-0.3, -0.25) is 4.68 Å². The van der Waals surface area contributed by atoms with Crippen LogP contribution in [0.1, 0.15) is 5.56 Å². The minimum absolute atomic E-state index is 0. The summed E-state index contributed by atoms with van der Waals surface area (Å²) in [5.74, 6) is 1.96. The number of hydrogen-bond donors (Lipinski definition) is 1. The van der Waals surface area contributed by atoms with Gasteiger partial charge >= 0.3 is 0 Å². The lowest BCUT2D eigenvalue weighted by Gasteiger charge is -2.12. The van der Waals surface area contributed by atoms with Gasteiger partial charge in [0.25, 0.3) is 0 Å².